The number of ether oxygens (including phenoxy) is 2. The average molecular weight is 498 g/mol. The maximum absolute atomic E-state index is 13.0. The van der Waals surface area contributed by atoms with Crippen molar-refractivity contribution in [2.75, 3.05) is 5.32 Å². The second-order valence-electron chi connectivity index (χ2n) is 7.89. The lowest BCUT2D eigenvalue weighted by atomic mass is 10.2. The van der Waals surface area contributed by atoms with Gasteiger partial charge >= 0.3 is 7.60 Å². The van der Waals surface area contributed by atoms with Gasteiger partial charge in [0.1, 0.15) is 17.2 Å². The summed E-state index contributed by atoms with van der Waals surface area (Å²) in [5.41, 5.74) is 2.19. The number of fused-ring (bicyclic) bond motifs is 1. The fourth-order valence-electron chi connectivity index (χ4n) is 3.26. The molecule has 0 bridgehead atoms. The van der Waals surface area contributed by atoms with Gasteiger partial charge < -0.3 is 19.3 Å². The first-order valence-corrected chi connectivity index (χ1v) is 12.8. The molecule has 0 aliphatic rings. The highest BCUT2D eigenvalue weighted by molar-refractivity contribution is 7.60. The molecule has 34 heavy (non-hydrogen) atoms. The number of aryl methyl sites for hydroxylation is 1. The highest BCUT2D eigenvalue weighted by atomic mass is 32.1. The largest absolute Gasteiger partial charge is 0.491 e. The highest BCUT2D eigenvalue weighted by Gasteiger charge is 2.17. The minimum Gasteiger partial charge on any atom is -0.491 e. The molecule has 0 saturated heterocycles. The molecule has 10 heteroatoms. The van der Waals surface area contributed by atoms with Crippen LogP contribution in [0.15, 0.2) is 60.7 Å². The van der Waals surface area contributed by atoms with Gasteiger partial charge in [0.2, 0.25) is 0 Å². The van der Waals surface area contributed by atoms with Gasteiger partial charge in [0.05, 0.1) is 21.6 Å². The molecular weight excluding hydrogens is 475 g/mol. The lowest BCUT2D eigenvalue weighted by Crippen LogP contribution is -2.13. The molecule has 0 radical (unpaired) electrons. The molecule has 3 aromatic carbocycles. The number of hydrogen-bond donors (Lipinski definition) is 3. The van der Waals surface area contributed by atoms with E-state index in [9.17, 15) is 19.1 Å². The van der Waals surface area contributed by atoms with Gasteiger partial charge in [-0.05, 0) is 68.8 Å². The first kappa shape index (κ1) is 23.9. The van der Waals surface area contributed by atoms with Crippen molar-refractivity contribution in [2.24, 2.45) is 0 Å². The molecule has 1 heterocycles. The second kappa shape index (κ2) is 9.56. The minimum atomic E-state index is -4.35. The Morgan fingerprint density at radius 1 is 1.03 bits per heavy atom. The predicted molar refractivity (Wildman–Crippen MR) is 133 cm³/mol. The third-order valence-corrected chi connectivity index (χ3v) is 6.67. The summed E-state index contributed by atoms with van der Waals surface area (Å²) in [7, 11) is -4.35. The van der Waals surface area contributed by atoms with Crippen LogP contribution in [0.5, 0.6) is 17.2 Å². The molecule has 0 aliphatic heterocycles. The Morgan fingerprint density at radius 2 is 1.74 bits per heavy atom. The Morgan fingerprint density at radius 3 is 2.38 bits per heavy atom. The van der Waals surface area contributed by atoms with E-state index >= 15 is 0 Å². The second-order valence-corrected chi connectivity index (χ2v) is 10.5. The Kier molecular flexibility index (Phi) is 6.72. The first-order valence-electron chi connectivity index (χ1n) is 10.4. The summed E-state index contributed by atoms with van der Waals surface area (Å²) in [6, 6.07) is 16.2. The van der Waals surface area contributed by atoms with Gasteiger partial charge in [0.15, 0.2) is 5.13 Å². The predicted octanol–water partition coefficient (Wildman–Crippen LogP) is 5.24. The van der Waals surface area contributed by atoms with Crippen LogP contribution in [0, 0.1) is 6.92 Å². The van der Waals surface area contributed by atoms with Crippen LogP contribution in [0.4, 0.5) is 5.13 Å². The van der Waals surface area contributed by atoms with Gasteiger partial charge in [-0.15, -0.1) is 0 Å². The molecule has 176 valence electrons. The number of para-hydroxylation sites is 1. The molecule has 0 spiro atoms. The molecule has 4 rings (SSSR count). The first-order chi connectivity index (χ1) is 16.1. The molecule has 4 aromatic rings. The van der Waals surface area contributed by atoms with Gasteiger partial charge in [0, 0.05) is 11.6 Å². The smallest absolute Gasteiger partial charge is 0.356 e. The van der Waals surface area contributed by atoms with Crippen LogP contribution < -0.4 is 20.1 Å². The van der Waals surface area contributed by atoms with E-state index in [0.717, 1.165) is 15.8 Å². The lowest BCUT2D eigenvalue weighted by molar-refractivity contribution is 0.102. The van der Waals surface area contributed by atoms with Crippen molar-refractivity contribution in [1.29, 1.82) is 0 Å². The molecule has 0 saturated carbocycles. The van der Waals surface area contributed by atoms with E-state index in [1.54, 1.807) is 18.2 Å². The molecule has 0 atom stereocenters. The monoisotopic (exact) mass is 498 g/mol. The Hall–Kier alpha value is -3.23. The summed E-state index contributed by atoms with van der Waals surface area (Å²) >= 11 is 1.39. The van der Waals surface area contributed by atoms with Gasteiger partial charge in [-0.2, -0.15) is 0 Å². The molecule has 3 N–H and O–H groups in total. The van der Waals surface area contributed by atoms with E-state index in [-0.39, 0.29) is 17.3 Å². The third kappa shape index (κ3) is 5.63. The number of carbonyl (C=O) groups excluding carboxylic acids is 1. The molecule has 8 nitrogen and oxygen atoms in total. The molecule has 0 aliphatic carbocycles. The standard InChI is InChI=1S/C24H23N2O6PS/c1-14(2)31-18-11-16(23(27)26-24-25-22-15(3)5-4-6-21(22)34-24)12-19(13-18)32-17-7-9-20(10-8-17)33(28,29)30/h4-14H,1-3H3,(H,25,26,27)(H2,28,29,30). The topological polar surface area (TPSA) is 118 Å². The number of nitrogens with zero attached hydrogens (tertiary/aromatic N) is 1. The van der Waals surface area contributed by atoms with Crippen molar-refractivity contribution >= 4 is 45.5 Å². The number of anilines is 1. The number of thiazole rings is 1. The zero-order valence-electron chi connectivity index (χ0n) is 18.7. The van der Waals surface area contributed by atoms with Gasteiger partial charge in [-0.1, -0.05) is 23.5 Å². The average Bonchev–Trinajstić information content (AvgIpc) is 3.17. The van der Waals surface area contributed by atoms with E-state index in [4.69, 9.17) is 9.47 Å². The summed E-state index contributed by atoms with van der Waals surface area (Å²) in [6.07, 6.45) is -0.124. The number of aromatic nitrogens is 1. The van der Waals surface area contributed by atoms with Crippen LogP contribution in [-0.4, -0.2) is 26.8 Å². The molecule has 1 aromatic heterocycles. The van der Waals surface area contributed by atoms with Crippen molar-refractivity contribution in [3.63, 3.8) is 0 Å². The normalized spacial score (nSPS) is 11.6. The van der Waals surface area contributed by atoms with E-state index < -0.39 is 7.60 Å². The molecule has 1 amide bonds. The fraction of sp³-hybridized carbons (Fsp3) is 0.167. The van der Waals surface area contributed by atoms with Crippen molar-refractivity contribution in [3.05, 3.63) is 71.8 Å². The summed E-state index contributed by atoms with van der Waals surface area (Å²) in [5, 5.41) is 3.22. The Bertz CT molecular complexity index is 1390. The van der Waals surface area contributed by atoms with E-state index in [1.165, 1.54) is 35.6 Å². The summed E-state index contributed by atoms with van der Waals surface area (Å²) in [6.45, 7) is 5.71. The maximum atomic E-state index is 13.0. The molecule has 0 unspecified atom stereocenters. The third-order valence-electron chi connectivity index (χ3n) is 4.76. The van der Waals surface area contributed by atoms with Crippen LogP contribution >= 0.6 is 18.9 Å². The number of hydrogen-bond acceptors (Lipinski definition) is 6. The van der Waals surface area contributed by atoms with Crippen LogP contribution in [0.25, 0.3) is 10.2 Å². The Balaban J connectivity index is 1.60. The maximum Gasteiger partial charge on any atom is 0.356 e. The van der Waals surface area contributed by atoms with Crippen molar-refractivity contribution in [3.8, 4) is 17.2 Å². The number of benzene rings is 3. The summed E-state index contributed by atoms with van der Waals surface area (Å²) < 4.78 is 24.0. The minimum absolute atomic E-state index is 0.108. The number of rotatable bonds is 7. The van der Waals surface area contributed by atoms with E-state index in [1.807, 2.05) is 39.0 Å². The van der Waals surface area contributed by atoms with Crippen LogP contribution in [-0.2, 0) is 4.57 Å². The van der Waals surface area contributed by atoms with Gasteiger partial charge in [0.25, 0.3) is 5.91 Å². The van der Waals surface area contributed by atoms with Crippen molar-refractivity contribution in [2.45, 2.75) is 26.9 Å². The Labute approximate surface area is 200 Å². The van der Waals surface area contributed by atoms with Gasteiger partial charge in [-0.3, -0.25) is 14.7 Å². The number of carbonyl (C=O) groups is 1. The van der Waals surface area contributed by atoms with E-state index in [2.05, 4.69) is 10.3 Å². The SMILES string of the molecule is Cc1cccc2sc(NC(=O)c3cc(Oc4ccc(P(=O)(O)O)cc4)cc(OC(C)C)c3)nc12. The number of amides is 1. The number of nitrogens with one attached hydrogen (secondary N) is 1. The highest BCUT2D eigenvalue weighted by Crippen LogP contribution is 2.35. The molecular formula is C24H23N2O6PS. The fourth-order valence-corrected chi connectivity index (χ4v) is 4.73. The van der Waals surface area contributed by atoms with Crippen LogP contribution in [0.3, 0.4) is 0 Å². The zero-order chi connectivity index (χ0) is 24.5. The van der Waals surface area contributed by atoms with E-state index in [0.29, 0.717) is 27.9 Å². The zero-order valence-corrected chi connectivity index (χ0v) is 20.4. The van der Waals surface area contributed by atoms with Crippen LogP contribution in [0.1, 0.15) is 29.8 Å². The van der Waals surface area contributed by atoms with Crippen LogP contribution in [0.2, 0.25) is 0 Å². The van der Waals surface area contributed by atoms with Crippen molar-refractivity contribution < 1.29 is 28.6 Å². The van der Waals surface area contributed by atoms with Gasteiger partial charge in [-0.25, -0.2) is 4.98 Å². The molecule has 0 fully saturated rings. The summed E-state index contributed by atoms with van der Waals surface area (Å²) in [4.78, 5) is 36.1. The quantitative estimate of drug-likeness (QED) is 0.298. The van der Waals surface area contributed by atoms with Crippen molar-refractivity contribution in [1.82, 2.24) is 4.98 Å². The summed E-state index contributed by atoms with van der Waals surface area (Å²) in [5.74, 6) is 0.775. The lowest BCUT2D eigenvalue weighted by Gasteiger charge is -2.14.